The summed E-state index contributed by atoms with van der Waals surface area (Å²) in [5.41, 5.74) is 3.44. The van der Waals surface area contributed by atoms with Crippen LogP contribution in [0.5, 0.6) is 0 Å². The summed E-state index contributed by atoms with van der Waals surface area (Å²) >= 11 is 6.70. The lowest BCUT2D eigenvalue weighted by molar-refractivity contribution is -0.121. The highest BCUT2D eigenvalue weighted by atomic mass is 35.5. The Morgan fingerprint density at radius 2 is 2.03 bits per heavy atom. The van der Waals surface area contributed by atoms with E-state index >= 15 is 0 Å². The maximum atomic E-state index is 11.9. The van der Waals surface area contributed by atoms with E-state index in [0.29, 0.717) is 25.2 Å². The van der Waals surface area contributed by atoms with Gasteiger partial charge in [-0.1, -0.05) is 55.8 Å². The molecule has 2 heterocycles. The first-order valence-corrected chi connectivity index (χ1v) is 12.5. The van der Waals surface area contributed by atoms with Crippen molar-refractivity contribution < 1.29 is 4.79 Å². The summed E-state index contributed by atoms with van der Waals surface area (Å²) in [5.74, 6) is 2.17. The third-order valence-electron chi connectivity index (χ3n) is 6.66. The monoisotopic (exact) mass is 468 g/mol. The molecule has 0 spiro atoms. The van der Waals surface area contributed by atoms with Gasteiger partial charge in [0.25, 0.3) is 0 Å². The molecule has 1 aromatic heterocycles. The number of aromatic nitrogens is 3. The van der Waals surface area contributed by atoms with Crippen molar-refractivity contribution in [2.45, 2.75) is 71.1 Å². The maximum Gasteiger partial charge on any atom is 0.164 e. The number of nitrogens with zero attached hydrogens (tertiary/aromatic N) is 4. The zero-order valence-corrected chi connectivity index (χ0v) is 21.3. The Bertz CT molecular complexity index is 1010. The van der Waals surface area contributed by atoms with Gasteiger partial charge in [0, 0.05) is 48.2 Å². The summed E-state index contributed by atoms with van der Waals surface area (Å²) in [6, 6.07) is 0. The van der Waals surface area contributed by atoms with Gasteiger partial charge < -0.3 is 9.47 Å². The number of hydrogen-bond donors (Lipinski definition) is 0. The van der Waals surface area contributed by atoms with Crippen molar-refractivity contribution >= 4 is 23.0 Å². The predicted octanol–water partition coefficient (Wildman–Crippen LogP) is 6.24. The summed E-state index contributed by atoms with van der Waals surface area (Å²) in [6.45, 7) is 11.3. The van der Waals surface area contributed by atoms with Gasteiger partial charge in [0.05, 0.1) is 6.54 Å². The van der Waals surface area contributed by atoms with E-state index < -0.39 is 0 Å². The first-order valence-electron chi connectivity index (χ1n) is 12.2. The Balaban J connectivity index is 0.00000149. The zero-order valence-electron chi connectivity index (χ0n) is 20.5. The van der Waals surface area contributed by atoms with Gasteiger partial charge in [-0.2, -0.15) is 0 Å². The fraction of sp³-hybridized carbons (Fsp3) is 0.519. The van der Waals surface area contributed by atoms with Crippen LogP contribution in [0.3, 0.4) is 0 Å². The number of Topliss-reactive ketones (excluding diaryl/α,β-unsaturated/α-hetero) is 1. The minimum atomic E-state index is 0.120. The van der Waals surface area contributed by atoms with Crippen molar-refractivity contribution in [2.75, 3.05) is 13.1 Å². The number of rotatable bonds is 7. The topological polar surface area (TPSA) is 51.0 Å². The van der Waals surface area contributed by atoms with E-state index in [4.69, 9.17) is 11.6 Å². The van der Waals surface area contributed by atoms with Crippen LogP contribution in [-0.4, -0.2) is 38.5 Å². The fourth-order valence-electron chi connectivity index (χ4n) is 4.60. The van der Waals surface area contributed by atoms with Crippen LogP contribution in [-0.2, 0) is 17.3 Å². The van der Waals surface area contributed by atoms with Crippen LogP contribution >= 0.6 is 11.6 Å². The Hall–Kier alpha value is -2.40. The molecule has 1 aliphatic heterocycles. The molecule has 5 nitrogen and oxygen atoms in total. The van der Waals surface area contributed by atoms with E-state index in [2.05, 4.69) is 51.4 Å². The van der Waals surface area contributed by atoms with Crippen LogP contribution in [0.15, 0.2) is 53.3 Å². The minimum Gasteiger partial charge on any atom is -0.364 e. The highest BCUT2D eigenvalue weighted by Crippen LogP contribution is 2.51. The molecule has 1 aromatic rings. The molecule has 0 radical (unpaired) electrons. The van der Waals surface area contributed by atoms with Gasteiger partial charge in [0.15, 0.2) is 11.6 Å². The molecule has 33 heavy (non-hydrogen) atoms. The lowest BCUT2D eigenvalue weighted by atomic mass is 9.96. The van der Waals surface area contributed by atoms with E-state index in [1.165, 1.54) is 5.57 Å². The number of likely N-dealkylation sites (tertiary alicyclic amines) is 1. The summed E-state index contributed by atoms with van der Waals surface area (Å²) < 4.78 is 2.12. The van der Waals surface area contributed by atoms with Crippen molar-refractivity contribution in [3.8, 4) is 0 Å². The van der Waals surface area contributed by atoms with Gasteiger partial charge in [0.2, 0.25) is 0 Å². The first-order chi connectivity index (χ1) is 15.9. The Morgan fingerprint density at radius 3 is 2.70 bits per heavy atom. The molecule has 0 N–H and O–H groups in total. The lowest BCUT2D eigenvalue weighted by Crippen LogP contribution is -2.34. The van der Waals surface area contributed by atoms with Crippen LogP contribution < -0.4 is 0 Å². The molecule has 2 aliphatic carbocycles. The van der Waals surface area contributed by atoms with Crippen LogP contribution in [0, 0.1) is 0 Å². The molecule has 2 fully saturated rings. The third-order valence-corrected chi connectivity index (χ3v) is 7.02. The van der Waals surface area contributed by atoms with Crippen molar-refractivity contribution in [1.82, 2.24) is 19.7 Å². The average molecular weight is 469 g/mol. The molecular formula is C27H37ClN4O. The number of halogens is 1. The summed E-state index contributed by atoms with van der Waals surface area (Å²) in [7, 11) is 2.05. The highest BCUT2D eigenvalue weighted by molar-refractivity contribution is 6.33. The first kappa shape index (κ1) is 25.2. The van der Waals surface area contributed by atoms with Gasteiger partial charge >= 0.3 is 0 Å². The fourth-order valence-corrected chi connectivity index (χ4v) is 4.83. The summed E-state index contributed by atoms with van der Waals surface area (Å²) in [4.78, 5) is 14.0. The van der Waals surface area contributed by atoms with Crippen LogP contribution in [0.4, 0.5) is 0 Å². The van der Waals surface area contributed by atoms with Crippen molar-refractivity contribution in [2.24, 2.45) is 7.05 Å². The molecule has 178 valence electrons. The van der Waals surface area contributed by atoms with Gasteiger partial charge in [-0.3, -0.25) is 4.79 Å². The van der Waals surface area contributed by atoms with E-state index in [9.17, 15) is 4.79 Å². The lowest BCUT2D eigenvalue weighted by Gasteiger charge is -2.28. The Kier molecular flexibility index (Phi) is 8.52. The van der Waals surface area contributed by atoms with Gasteiger partial charge in [-0.05, 0) is 51.2 Å². The Labute approximate surface area is 203 Å². The standard InChI is InChI=1S/C25H31ClN4O.C2H6/c1-4-6-18(2)12-13-25(14-15-25)24-28-27-23(29(24)3)21-10-8-19(9-11-22(21)26)30-16-5-7-20(31)17-30;1-2/h4,6,8-10H,1,5,7,11-17H2,2-3H3;1-2H3/b18-6-;. The molecule has 1 saturated heterocycles. The number of hydrogen-bond acceptors (Lipinski definition) is 4. The minimum absolute atomic E-state index is 0.120. The number of piperidine rings is 1. The molecule has 0 aromatic carbocycles. The normalized spacial score (nSPS) is 20.2. The Morgan fingerprint density at radius 1 is 1.27 bits per heavy atom. The molecule has 3 aliphatic rings. The quantitative estimate of drug-likeness (QED) is 0.444. The largest absolute Gasteiger partial charge is 0.364 e. The van der Waals surface area contributed by atoms with Crippen molar-refractivity contribution in [3.63, 3.8) is 0 Å². The van der Waals surface area contributed by atoms with Crippen molar-refractivity contribution in [3.05, 3.63) is 64.9 Å². The molecular weight excluding hydrogens is 432 g/mol. The smallest absolute Gasteiger partial charge is 0.164 e. The molecule has 4 rings (SSSR count). The molecule has 0 bridgehead atoms. The van der Waals surface area contributed by atoms with Gasteiger partial charge in [0.1, 0.15) is 5.82 Å². The van der Waals surface area contributed by atoms with E-state index in [1.54, 1.807) is 0 Å². The summed E-state index contributed by atoms with van der Waals surface area (Å²) in [6.07, 6.45) is 16.8. The second-order valence-electron chi connectivity index (χ2n) is 8.98. The van der Waals surface area contributed by atoms with Crippen molar-refractivity contribution in [1.29, 1.82) is 0 Å². The summed E-state index contributed by atoms with van der Waals surface area (Å²) in [5, 5.41) is 9.91. The molecule has 6 heteroatoms. The number of allylic oxidation sites excluding steroid dienone is 8. The number of carbonyl (C=O) groups excluding carboxylic acids is 1. The van der Waals surface area contributed by atoms with Crippen LogP contribution in [0.1, 0.15) is 77.4 Å². The second-order valence-corrected chi connectivity index (χ2v) is 9.44. The molecule has 0 unspecified atom stereocenters. The molecule has 0 amide bonds. The average Bonchev–Trinajstić information content (AvgIpc) is 3.54. The number of carbonyl (C=O) groups is 1. The third kappa shape index (κ3) is 5.75. The SMILES string of the molecule is C=C/C=C(/C)CCC1(c2nnc(C3=C(Cl)CC=C(N4CCCC(=O)C4)C=C3)n2C)CC1.CC. The number of ketones is 1. The van der Waals surface area contributed by atoms with Gasteiger partial charge in [-0.15, -0.1) is 10.2 Å². The maximum absolute atomic E-state index is 11.9. The molecule has 1 saturated carbocycles. The zero-order chi connectivity index (χ0) is 24.0. The van der Waals surface area contributed by atoms with Crippen LogP contribution in [0.2, 0.25) is 0 Å². The van der Waals surface area contributed by atoms with E-state index in [0.717, 1.165) is 66.6 Å². The van der Waals surface area contributed by atoms with Gasteiger partial charge in [-0.25, -0.2) is 0 Å². The second kappa shape index (κ2) is 11.1. The highest BCUT2D eigenvalue weighted by Gasteiger charge is 2.47. The molecule has 0 atom stereocenters. The predicted molar refractivity (Wildman–Crippen MR) is 137 cm³/mol. The van der Waals surface area contributed by atoms with Crippen LogP contribution in [0.25, 0.3) is 5.57 Å². The van der Waals surface area contributed by atoms with E-state index in [1.807, 2.05) is 33.0 Å². The van der Waals surface area contributed by atoms with E-state index in [-0.39, 0.29) is 5.41 Å².